The maximum Gasteiger partial charge on any atom is 0.228 e. The van der Waals surface area contributed by atoms with E-state index in [0.29, 0.717) is 5.69 Å². The molecule has 0 atom stereocenters. The number of aromatic nitrogens is 2. The average molecular weight is 413 g/mol. The van der Waals surface area contributed by atoms with Crippen LogP contribution in [0.2, 0.25) is 0 Å². The lowest BCUT2D eigenvalue weighted by atomic mass is 10.0. The standard InChI is InChI=1S/C25H23N3O3/c1-30-22-11-8-19(9-12-22)23-15-20(10-13-24(23)31-2)27-25(29)14-18-16-26-28(17-18)21-6-4-3-5-7-21/h3-13,15-17H,14H2,1-2H3,(H,27,29). The van der Waals surface area contributed by atoms with Crippen molar-refractivity contribution in [3.63, 3.8) is 0 Å². The molecule has 0 saturated heterocycles. The van der Waals surface area contributed by atoms with Gasteiger partial charge in [-0.3, -0.25) is 4.79 Å². The number of benzene rings is 3. The second-order valence-corrected chi connectivity index (χ2v) is 7.00. The van der Waals surface area contributed by atoms with E-state index in [2.05, 4.69) is 10.4 Å². The first-order chi connectivity index (χ1) is 15.2. The van der Waals surface area contributed by atoms with Crippen LogP contribution in [-0.2, 0) is 11.2 Å². The van der Waals surface area contributed by atoms with E-state index < -0.39 is 0 Å². The van der Waals surface area contributed by atoms with E-state index in [9.17, 15) is 4.79 Å². The number of nitrogens with zero attached hydrogens (tertiary/aromatic N) is 2. The predicted octanol–water partition coefficient (Wildman–Crippen LogP) is 4.74. The Kier molecular flexibility index (Phi) is 5.98. The number of para-hydroxylation sites is 1. The molecule has 156 valence electrons. The highest BCUT2D eigenvalue weighted by Gasteiger charge is 2.11. The largest absolute Gasteiger partial charge is 0.497 e. The molecular weight excluding hydrogens is 390 g/mol. The fraction of sp³-hybridized carbons (Fsp3) is 0.120. The fourth-order valence-electron chi connectivity index (χ4n) is 3.35. The quantitative estimate of drug-likeness (QED) is 0.475. The van der Waals surface area contributed by atoms with E-state index >= 15 is 0 Å². The summed E-state index contributed by atoms with van der Waals surface area (Å²) < 4.78 is 12.5. The van der Waals surface area contributed by atoms with Crippen LogP contribution in [0.25, 0.3) is 16.8 Å². The molecule has 1 aromatic heterocycles. The maximum absolute atomic E-state index is 12.6. The van der Waals surface area contributed by atoms with Gasteiger partial charge >= 0.3 is 0 Å². The van der Waals surface area contributed by atoms with E-state index in [4.69, 9.17) is 9.47 Å². The molecule has 0 aliphatic heterocycles. The van der Waals surface area contributed by atoms with Crippen molar-refractivity contribution in [2.45, 2.75) is 6.42 Å². The second-order valence-electron chi connectivity index (χ2n) is 7.00. The van der Waals surface area contributed by atoms with Crippen LogP contribution in [0.4, 0.5) is 5.69 Å². The Morgan fingerprint density at radius 3 is 2.45 bits per heavy atom. The first-order valence-corrected chi connectivity index (χ1v) is 9.87. The van der Waals surface area contributed by atoms with Gasteiger partial charge in [0.2, 0.25) is 5.91 Å². The summed E-state index contributed by atoms with van der Waals surface area (Å²) >= 11 is 0. The molecule has 0 radical (unpaired) electrons. The van der Waals surface area contributed by atoms with E-state index in [1.165, 1.54) is 0 Å². The first kappa shape index (κ1) is 20.2. The summed E-state index contributed by atoms with van der Waals surface area (Å²) in [5.74, 6) is 1.40. The summed E-state index contributed by atoms with van der Waals surface area (Å²) in [5, 5.41) is 7.31. The number of anilines is 1. The minimum Gasteiger partial charge on any atom is -0.497 e. The van der Waals surface area contributed by atoms with Gasteiger partial charge in [-0.15, -0.1) is 0 Å². The van der Waals surface area contributed by atoms with Crippen LogP contribution in [0.1, 0.15) is 5.56 Å². The highest BCUT2D eigenvalue weighted by molar-refractivity contribution is 5.93. The molecule has 31 heavy (non-hydrogen) atoms. The Morgan fingerprint density at radius 2 is 1.74 bits per heavy atom. The molecule has 1 heterocycles. The third-order valence-corrected chi connectivity index (χ3v) is 4.91. The molecule has 4 rings (SSSR count). The molecule has 0 bridgehead atoms. The monoisotopic (exact) mass is 413 g/mol. The topological polar surface area (TPSA) is 65.4 Å². The number of hydrogen-bond acceptors (Lipinski definition) is 4. The van der Waals surface area contributed by atoms with Crippen LogP contribution >= 0.6 is 0 Å². The highest BCUT2D eigenvalue weighted by atomic mass is 16.5. The average Bonchev–Trinajstić information content (AvgIpc) is 3.28. The maximum atomic E-state index is 12.6. The van der Waals surface area contributed by atoms with E-state index in [-0.39, 0.29) is 12.3 Å². The molecule has 0 unspecified atom stereocenters. The summed E-state index contributed by atoms with van der Waals surface area (Å²) in [5.41, 5.74) is 4.35. The van der Waals surface area contributed by atoms with Crippen LogP contribution < -0.4 is 14.8 Å². The molecule has 4 aromatic rings. The van der Waals surface area contributed by atoms with Gasteiger partial charge < -0.3 is 14.8 Å². The molecule has 1 amide bonds. The molecule has 6 nitrogen and oxygen atoms in total. The van der Waals surface area contributed by atoms with Crippen molar-refractivity contribution >= 4 is 11.6 Å². The summed E-state index contributed by atoms with van der Waals surface area (Å²) in [4.78, 5) is 12.6. The Bertz CT molecular complexity index is 1170. The van der Waals surface area contributed by atoms with Crippen molar-refractivity contribution in [2.75, 3.05) is 19.5 Å². The molecule has 0 aliphatic rings. The third-order valence-electron chi connectivity index (χ3n) is 4.91. The number of carbonyl (C=O) groups excluding carboxylic acids is 1. The Labute approximate surface area is 181 Å². The minimum absolute atomic E-state index is 0.113. The van der Waals surface area contributed by atoms with Crippen LogP contribution in [0, 0.1) is 0 Å². The predicted molar refractivity (Wildman–Crippen MR) is 121 cm³/mol. The zero-order valence-electron chi connectivity index (χ0n) is 17.4. The molecule has 0 fully saturated rings. The number of amides is 1. The van der Waals surface area contributed by atoms with E-state index in [0.717, 1.165) is 33.9 Å². The van der Waals surface area contributed by atoms with Gasteiger partial charge in [0.1, 0.15) is 11.5 Å². The van der Waals surface area contributed by atoms with E-state index in [1.807, 2.05) is 79.0 Å². The van der Waals surface area contributed by atoms with Crippen molar-refractivity contribution in [1.29, 1.82) is 0 Å². The van der Waals surface area contributed by atoms with Gasteiger partial charge in [-0.1, -0.05) is 30.3 Å². The lowest BCUT2D eigenvalue weighted by molar-refractivity contribution is -0.115. The lowest BCUT2D eigenvalue weighted by Crippen LogP contribution is -2.14. The fourth-order valence-corrected chi connectivity index (χ4v) is 3.35. The molecular formula is C25H23N3O3. The van der Waals surface area contributed by atoms with Gasteiger partial charge in [-0.2, -0.15) is 5.10 Å². The lowest BCUT2D eigenvalue weighted by Gasteiger charge is -2.12. The van der Waals surface area contributed by atoms with Gasteiger partial charge in [0.05, 0.1) is 32.5 Å². The summed E-state index contributed by atoms with van der Waals surface area (Å²) in [6.07, 6.45) is 3.81. The van der Waals surface area contributed by atoms with E-state index in [1.54, 1.807) is 25.1 Å². The normalized spacial score (nSPS) is 10.5. The zero-order valence-corrected chi connectivity index (χ0v) is 17.4. The second kappa shape index (κ2) is 9.17. The molecule has 6 heteroatoms. The molecule has 3 aromatic carbocycles. The highest BCUT2D eigenvalue weighted by Crippen LogP contribution is 2.33. The number of hydrogen-bond donors (Lipinski definition) is 1. The molecule has 0 spiro atoms. The molecule has 0 aliphatic carbocycles. The van der Waals surface area contributed by atoms with Crippen molar-refractivity contribution in [1.82, 2.24) is 9.78 Å². The van der Waals surface area contributed by atoms with Gasteiger partial charge in [0.25, 0.3) is 0 Å². The zero-order chi connectivity index (χ0) is 21.6. The van der Waals surface area contributed by atoms with Gasteiger partial charge in [-0.05, 0) is 53.6 Å². The van der Waals surface area contributed by atoms with Crippen LogP contribution in [0.5, 0.6) is 11.5 Å². The Balaban J connectivity index is 1.49. The summed E-state index contributed by atoms with van der Waals surface area (Å²) in [7, 11) is 3.26. The number of rotatable bonds is 7. The van der Waals surface area contributed by atoms with Crippen LogP contribution in [0.15, 0.2) is 85.2 Å². The van der Waals surface area contributed by atoms with Crippen molar-refractivity contribution in [3.05, 3.63) is 90.8 Å². The number of methoxy groups -OCH3 is 2. The minimum atomic E-state index is -0.113. The van der Waals surface area contributed by atoms with Crippen LogP contribution in [-0.4, -0.2) is 29.9 Å². The molecule has 0 saturated carbocycles. The van der Waals surface area contributed by atoms with Crippen molar-refractivity contribution in [2.24, 2.45) is 0 Å². The van der Waals surface area contributed by atoms with Crippen LogP contribution in [0.3, 0.4) is 0 Å². The molecule has 1 N–H and O–H groups in total. The van der Waals surface area contributed by atoms with Gasteiger partial charge in [-0.25, -0.2) is 4.68 Å². The number of ether oxygens (including phenoxy) is 2. The smallest absolute Gasteiger partial charge is 0.228 e. The Morgan fingerprint density at radius 1 is 0.968 bits per heavy atom. The number of nitrogens with one attached hydrogen (secondary N) is 1. The summed E-state index contributed by atoms with van der Waals surface area (Å²) in [6.45, 7) is 0. The third kappa shape index (κ3) is 4.75. The first-order valence-electron chi connectivity index (χ1n) is 9.87. The number of carbonyl (C=O) groups is 1. The van der Waals surface area contributed by atoms with Crippen molar-refractivity contribution < 1.29 is 14.3 Å². The van der Waals surface area contributed by atoms with Crippen molar-refractivity contribution in [3.8, 4) is 28.3 Å². The van der Waals surface area contributed by atoms with Gasteiger partial charge in [0.15, 0.2) is 0 Å². The SMILES string of the molecule is COc1ccc(-c2cc(NC(=O)Cc3cnn(-c4ccccc4)c3)ccc2OC)cc1. The Hall–Kier alpha value is -4.06. The van der Waals surface area contributed by atoms with Gasteiger partial charge in [0, 0.05) is 17.4 Å². The summed E-state index contributed by atoms with van der Waals surface area (Å²) in [6, 6.07) is 23.1.